The average Bonchev–Trinajstić information content (AvgIpc) is 3.49. The lowest BCUT2D eigenvalue weighted by atomic mass is 10.1. The Morgan fingerprint density at radius 2 is 1.07 bits per heavy atom. The summed E-state index contributed by atoms with van der Waals surface area (Å²) >= 11 is 7.41. The summed E-state index contributed by atoms with van der Waals surface area (Å²) in [6.07, 6.45) is 3.94. The minimum Gasteiger partial charge on any atom is -0.340 e. The first kappa shape index (κ1) is 35.8. The highest BCUT2D eigenvalue weighted by atomic mass is 79.9. The van der Waals surface area contributed by atoms with E-state index in [9.17, 15) is 9.13 Å². The van der Waals surface area contributed by atoms with Crippen molar-refractivity contribution in [3.05, 3.63) is 57.5 Å². The molecule has 8 nitrogen and oxygen atoms in total. The van der Waals surface area contributed by atoms with Gasteiger partial charge in [0, 0.05) is 49.1 Å². The van der Waals surface area contributed by atoms with Gasteiger partial charge in [-0.1, -0.05) is 44.0 Å². The van der Waals surface area contributed by atoms with Crippen molar-refractivity contribution < 1.29 is 27.2 Å². The largest absolute Gasteiger partial charge is 0.340 e. The molecule has 0 atom stereocenters. The van der Waals surface area contributed by atoms with Crippen LogP contribution in [0.25, 0.3) is 43.6 Å². The summed E-state index contributed by atoms with van der Waals surface area (Å²) in [6.45, 7) is 10.4. The maximum Gasteiger partial charge on any atom is 0.330 e. The van der Waals surface area contributed by atoms with Crippen LogP contribution in [-0.2, 0) is 40.3 Å². The second-order valence-electron chi connectivity index (χ2n) is 11.2. The number of hydrogen-bond acceptors (Lipinski definition) is 6. The number of benzene rings is 3. The van der Waals surface area contributed by atoms with Crippen LogP contribution in [0.5, 0.6) is 0 Å². The van der Waals surface area contributed by atoms with E-state index in [1.807, 2.05) is 27.7 Å². The molecule has 0 radical (unpaired) electrons. The summed E-state index contributed by atoms with van der Waals surface area (Å²) < 4.78 is 55.2. The Bertz CT molecular complexity index is 1900. The van der Waals surface area contributed by atoms with Crippen LogP contribution in [0.1, 0.15) is 53.4 Å². The standard InChI is InChI=1S/C34H44Br2N2O6P2/c1-5-41-45(39,42-6-2)21-11-9-19-37-31-18-16-27-29-23-25(35)14-17-30(29)38(20-10-12-22-46(40,43-7-3)44-8-4)34(27)33(31)28-15-13-26(36)24-32(28)37/h13-18,23-24H,5-12,19-22H2,1-4H3. The van der Waals surface area contributed by atoms with Gasteiger partial charge in [-0.2, -0.15) is 0 Å². The van der Waals surface area contributed by atoms with Gasteiger partial charge >= 0.3 is 15.2 Å². The molecule has 0 saturated heterocycles. The molecule has 5 aromatic rings. The third-order valence-corrected chi connectivity index (χ3v) is 13.5. The van der Waals surface area contributed by atoms with E-state index in [1.54, 1.807) is 0 Å². The minimum atomic E-state index is -3.09. The molecule has 46 heavy (non-hydrogen) atoms. The maximum atomic E-state index is 13.1. The molecule has 0 spiro atoms. The van der Waals surface area contributed by atoms with Gasteiger partial charge in [0.05, 0.1) is 55.3 Å². The molecule has 0 fully saturated rings. The Morgan fingerprint density at radius 3 is 1.65 bits per heavy atom. The van der Waals surface area contributed by atoms with Crippen molar-refractivity contribution >= 4 is 90.7 Å². The van der Waals surface area contributed by atoms with Crippen molar-refractivity contribution in [1.82, 2.24) is 9.13 Å². The van der Waals surface area contributed by atoms with Gasteiger partial charge in [0.2, 0.25) is 0 Å². The Labute approximate surface area is 288 Å². The number of nitrogens with zero attached hydrogens (tertiary/aromatic N) is 2. The third-order valence-electron chi connectivity index (χ3n) is 8.21. The highest BCUT2D eigenvalue weighted by molar-refractivity contribution is 9.10. The fourth-order valence-corrected chi connectivity index (χ4v) is 10.6. The van der Waals surface area contributed by atoms with E-state index >= 15 is 0 Å². The normalized spacial score (nSPS) is 12.8. The zero-order valence-corrected chi connectivity index (χ0v) is 32.1. The number of rotatable bonds is 18. The van der Waals surface area contributed by atoms with E-state index < -0.39 is 15.2 Å². The summed E-state index contributed by atoms with van der Waals surface area (Å²) in [5, 5.41) is 4.81. The molecule has 12 heteroatoms. The number of fused-ring (bicyclic) bond motifs is 7. The SMILES string of the molecule is CCOP(=O)(CCCCn1c2cc(Br)ccc2c2c1ccc1c3cc(Br)ccc3n(CCCCP(=O)(OCC)OCC)c12)OCC. The predicted molar refractivity (Wildman–Crippen MR) is 198 cm³/mol. The van der Waals surface area contributed by atoms with Crippen molar-refractivity contribution in [2.75, 3.05) is 38.8 Å². The topological polar surface area (TPSA) is 80.9 Å². The van der Waals surface area contributed by atoms with Crippen molar-refractivity contribution in [3.8, 4) is 0 Å². The Kier molecular flexibility index (Phi) is 12.3. The number of halogens is 2. The molecule has 2 aromatic heterocycles. The first-order valence-electron chi connectivity index (χ1n) is 16.3. The van der Waals surface area contributed by atoms with Crippen LogP contribution in [0.3, 0.4) is 0 Å². The van der Waals surface area contributed by atoms with Crippen molar-refractivity contribution in [2.45, 2.75) is 66.5 Å². The second kappa shape index (κ2) is 15.8. The van der Waals surface area contributed by atoms with Gasteiger partial charge < -0.3 is 27.2 Å². The number of hydrogen-bond donors (Lipinski definition) is 0. The third kappa shape index (κ3) is 7.71. The Morgan fingerprint density at radius 1 is 0.565 bits per heavy atom. The van der Waals surface area contributed by atoms with E-state index in [4.69, 9.17) is 18.1 Å². The van der Waals surface area contributed by atoms with E-state index in [1.165, 1.54) is 38.1 Å². The molecule has 0 aliphatic rings. The molecule has 2 heterocycles. The summed E-state index contributed by atoms with van der Waals surface area (Å²) in [4.78, 5) is 0. The van der Waals surface area contributed by atoms with Crippen molar-refractivity contribution in [2.24, 2.45) is 0 Å². The molecular formula is C34H44Br2N2O6P2. The molecule has 0 unspecified atom stereocenters. The van der Waals surface area contributed by atoms with Crippen LogP contribution in [0.4, 0.5) is 0 Å². The fourth-order valence-electron chi connectivity index (χ4n) is 6.46. The maximum absolute atomic E-state index is 13.1. The molecular weight excluding hydrogens is 754 g/mol. The van der Waals surface area contributed by atoms with Crippen LogP contribution in [0, 0.1) is 0 Å². The molecule has 5 rings (SSSR count). The molecule has 0 amide bonds. The lowest BCUT2D eigenvalue weighted by molar-refractivity contribution is 0.218. The monoisotopic (exact) mass is 796 g/mol. The van der Waals surface area contributed by atoms with Gasteiger partial charge in [-0.05, 0) is 89.8 Å². The number of aryl methyl sites for hydroxylation is 2. The smallest absolute Gasteiger partial charge is 0.330 e. The van der Waals surface area contributed by atoms with Crippen molar-refractivity contribution in [1.29, 1.82) is 0 Å². The van der Waals surface area contributed by atoms with Crippen LogP contribution in [0.15, 0.2) is 57.5 Å². The molecule has 0 bridgehead atoms. The Hall–Kier alpha value is -1.48. The van der Waals surface area contributed by atoms with Crippen molar-refractivity contribution in [3.63, 3.8) is 0 Å². The summed E-state index contributed by atoms with van der Waals surface area (Å²) in [5.74, 6) is 0. The molecule has 0 aliphatic heterocycles. The van der Waals surface area contributed by atoms with Crippen LogP contribution >= 0.6 is 47.1 Å². The van der Waals surface area contributed by atoms with Gasteiger partial charge in [-0.15, -0.1) is 0 Å². The zero-order valence-electron chi connectivity index (χ0n) is 27.1. The first-order chi connectivity index (χ1) is 22.2. The summed E-state index contributed by atoms with van der Waals surface area (Å²) in [7, 11) is -6.17. The van der Waals surface area contributed by atoms with Crippen LogP contribution in [-0.4, -0.2) is 47.9 Å². The number of aromatic nitrogens is 2. The Balaban J connectivity index is 1.55. The van der Waals surface area contributed by atoms with E-state index in [0.29, 0.717) is 38.8 Å². The fraction of sp³-hybridized carbons (Fsp3) is 0.471. The lowest BCUT2D eigenvalue weighted by Crippen LogP contribution is -2.03. The van der Waals surface area contributed by atoms with Gasteiger partial charge in [0.25, 0.3) is 0 Å². The second-order valence-corrected chi connectivity index (χ2v) is 17.4. The molecule has 3 aromatic carbocycles. The average molecular weight is 798 g/mol. The van der Waals surface area contributed by atoms with E-state index in [0.717, 1.165) is 53.2 Å². The predicted octanol–water partition coefficient (Wildman–Crippen LogP) is 11.5. The minimum absolute atomic E-state index is 0.371. The van der Waals surface area contributed by atoms with E-state index in [-0.39, 0.29) is 0 Å². The quantitative estimate of drug-likeness (QED) is 0.0649. The highest BCUT2D eigenvalue weighted by Crippen LogP contribution is 2.50. The molecule has 0 saturated carbocycles. The molecule has 250 valence electrons. The molecule has 0 N–H and O–H groups in total. The van der Waals surface area contributed by atoms with Gasteiger partial charge in [0.1, 0.15) is 0 Å². The van der Waals surface area contributed by atoms with Gasteiger partial charge in [-0.25, -0.2) is 0 Å². The summed E-state index contributed by atoms with van der Waals surface area (Å²) in [5.41, 5.74) is 4.69. The van der Waals surface area contributed by atoms with E-state index in [2.05, 4.69) is 89.5 Å². The molecule has 0 aliphatic carbocycles. The summed E-state index contributed by atoms with van der Waals surface area (Å²) in [6, 6.07) is 17.4. The van der Waals surface area contributed by atoms with Crippen LogP contribution < -0.4 is 0 Å². The van der Waals surface area contributed by atoms with Gasteiger partial charge in [0.15, 0.2) is 0 Å². The first-order valence-corrected chi connectivity index (χ1v) is 21.3. The lowest BCUT2D eigenvalue weighted by Gasteiger charge is -2.17. The van der Waals surface area contributed by atoms with Gasteiger partial charge in [-0.3, -0.25) is 9.13 Å². The van der Waals surface area contributed by atoms with Crippen LogP contribution in [0.2, 0.25) is 0 Å². The number of unbranched alkanes of at least 4 members (excludes halogenated alkanes) is 2. The zero-order chi connectivity index (χ0) is 32.9. The highest BCUT2D eigenvalue weighted by Gasteiger charge is 2.25.